The zero-order valence-electron chi connectivity index (χ0n) is 14.0. The average molecular weight is 348 g/mol. The van der Waals surface area contributed by atoms with E-state index in [-0.39, 0.29) is 6.42 Å². The van der Waals surface area contributed by atoms with Crippen molar-refractivity contribution >= 4 is 5.91 Å². The molecule has 0 fully saturated rings. The van der Waals surface area contributed by atoms with Gasteiger partial charge in [0.05, 0.1) is 0 Å². The van der Waals surface area contributed by atoms with E-state index in [0.29, 0.717) is 12.1 Å². The quantitative estimate of drug-likeness (QED) is 0.684. The molecule has 134 valence electrons. The van der Waals surface area contributed by atoms with Crippen molar-refractivity contribution in [3.8, 4) is 0 Å². The summed E-state index contributed by atoms with van der Waals surface area (Å²) in [6.07, 6.45) is -0.517. The Labute approximate surface area is 145 Å². The minimum Gasteiger partial charge on any atom is -0.382 e. The molecule has 0 radical (unpaired) electrons. The number of rotatable bonds is 8. The summed E-state index contributed by atoms with van der Waals surface area (Å²) in [5.41, 5.74) is 7.66. The second kappa shape index (κ2) is 8.69. The fraction of sp³-hybridized carbons (Fsp3) is 0.316. The zero-order chi connectivity index (χ0) is 18.4. The molecule has 0 spiro atoms. The molecule has 4 N–H and O–H groups in total. The first-order valence-electron chi connectivity index (χ1n) is 8.12. The monoisotopic (exact) mass is 348 g/mol. The SMILES string of the molecule is CCc1cccc(CNC(Cc2cc(F)cc(F)c2)C(O)C(N)=O)c1. The number of primary amides is 1. The lowest BCUT2D eigenvalue weighted by Crippen LogP contribution is -2.48. The summed E-state index contributed by atoms with van der Waals surface area (Å²) >= 11 is 0. The Morgan fingerprint density at radius 1 is 1.12 bits per heavy atom. The van der Waals surface area contributed by atoms with Crippen molar-refractivity contribution in [3.05, 3.63) is 70.8 Å². The molecule has 0 aliphatic rings. The van der Waals surface area contributed by atoms with Gasteiger partial charge in [0.25, 0.3) is 0 Å². The second-order valence-corrected chi connectivity index (χ2v) is 5.99. The van der Waals surface area contributed by atoms with Crippen LogP contribution in [-0.2, 0) is 24.2 Å². The van der Waals surface area contributed by atoms with E-state index in [2.05, 4.69) is 5.32 Å². The fourth-order valence-electron chi connectivity index (χ4n) is 2.68. The van der Waals surface area contributed by atoms with Gasteiger partial charge in [-0.15, -0.1) is 0 Å². The van der Waals surface area contributed by atoms with Crippen molar-refractivity contribution in [2.45, 2.75) is 38.5 Å². The minimum absolute atomic E-state index is 0.0618. The smallest absolute Gasteiger partial charge is 0.247 e. The summed E-state index contributed by atoms with van der Waals surface area (Å²) in [4.78, 5) is 11.4. The maximum absolute atomic E-state index is 13.4. The third kappa shape index (κ3) is 5.62. The van der Waals surface area contributed by atoms with E-state index < -0.39 is 29.7 Å². The van der Waals surface area contributed by atoms with Gasteiger partial charge < -0.3 is 16.2 Å². The predicted octanol–water partition coefficient (Wildman–Crippen LogP) is 2.07. The van der Waals surface area contributed by atoms with Crippen LogP contribution in [0.25, 0.3) is 0 Å². The Hall–Kier alpha value is -2.31. The highest BCUT2D eigenvalue weighted by molar-refractivity contribution is 5.79. The van der Waals surface area contributed by atoms with E-state index in [9.17, 15) is 18.7 Å². The van der Waals surface area contributed by atoms with E-state index in [1.165, 1.54) is 17.7 Å². The Morgan fingerprint density at radius 3 is 2.36 bits per heavy atom. The Kier molecular flexibility index (Phi) is 6.61. The van der Waals surface area contributed by atoms with Crippen molar-refractivity contribution < 1.29 is 18.7 Å². The highest BCUT2D eigenvalue weighted by Gasteiger charge is 2.24. The van der Waals surface area contributed by atoms with Gasteiger partial charge in [0.1, 0.15) is 17.7 Å². The number of benzene rings is 2. The van der Waals surface area contributed by atoms with E-state index in [4.69, 9.17) is 5.73 Å². The summed E-state index contributed by atoms with van der Waals surface area (Å²) in [7, 11) is 0. The lowest BCUT2D eigenvalue weighted by molar-refractivity contribution is -0.127. The van der Waals surface area contributed by atoms with Crippen molar-refractivity contribution in [2.24, 2.45) is 5.73 Å². The van der Waals surface area contributed by atoms with Gasteiger partial charge >= 0.3 is 0 Å². The van der Waals surface area contributed by atoms with Crippen molar-refractivity contribution in [1.29, 1.82) is 0 Å². The Morgan fingerprint density at radius 2 is 1.76 bits per heavy atom. The molecule has 2 unspecified atom stereocenters. The molecule has 0 aromatic heterocycles. The van der Waals surface area contributed by atoms with E-state index >= 15 is 0 Å². The molecule has 2 aromatic rings. The first-order chi connectivity index (χ1) is 11.9. The average Bonchev–Trinajstić information content (AvgIpc) is 2.57. The zero-order valence-corrected chi connectivity index (χ0v) is 14.0. The number of carbonyl (C=O) groups excluding carboxylic acids is 1. The fourth-order valence-corrected chi connectivity index (χ4v) is 2.68. The molecule has 0 aliphatic heterocycles. The summed E-state index contributed by atoms with van der Waals surface area (Å²) in [5, 5.41) is 13.1. The molecular formula is C19H22F2N2O2. The standard InChI is InChI=1S/C19H22F2N2O2/c1-2-12-4-3-5-13(6-12)11-23-17(18(24)19(22)25)9-14-7-15(20)10-16(21)8-14/h3-8,10,17-18,23-24H,2,9,11H2,1H3,(H2,22,25). The number of nitrogens with two attached hydrogens (primary N) is 1. The van der Waals surface area contributed by atoms with Gasteiger partial charge in [-0.1, -0.05) is 31.2 Å². The van der Waals surface area contributed by atoms with Crippen LogP contribution in [0, 0.1) is 11.6 Å². The van der Waals surface area contributed by atoms with Crippen LogP contribution in [0.15, 0.2) is 42.5 Å². The molecule has 6 heteroatoms. The molecule has 0 saturated carbocycles. The molecule has 0 aliphatic carbocycles. The van der Waals surface area contributed by atoms with Gasteiger partial charge in [0, 0.05) is 18.7 Å². The number of halogens is 2. The molecule has 0 bridgehead atoms. The molecule has 1 amide bonds. The molecule has 25 heavy (non-hydrogen) atoms. The van der Waals surface area contributed by atoms with E-state index in [1.807, 2.05) is 31.2 Å². The molecule has 0 heterocycles. The first kappa shape index (κ1) is 19.0. The molecule has 2 aromatic carbocycles. The van der Waals surface area contributed by atoms with Crippen LogP contribution < -0.4 is 11.1 Å². The first-order valence-corrected chi connectivity index (χ1v) is 8.12. The maximum atomic E-state index is 13.4. The van der Waals surface area contributed by atoms with Gasteiger partial charge in [-0.2, -0.15) is 0 Å². The molecule has 4 nitrogen and oxygen atoms in total. The number of amides is 1. The van der Waals surface area contributed by atoms with E-state index in [0.717, 1.165) is 18.1 Å². The molecule has 0 saturated heterocycles. The summed E-state index contributed by atoms with van der Waals surface area (Å²) in [5.74, 6) is -2.31. The number of hydrogen-bond donors (Lipinski definition) is 3. The number of aliphatic hydroxyl groups is 1. The van der Waals surface area contributed by atoms with Gasteiger partial charge in [-0.3, -0.25) is 4.79 Å². The predicted molar refractivity (Wildman–Crippen MR) is 91.7 cm³/mol. The molecule has 2 atom stereocenters. The summed E-state index contributed by atoms with van der Waals surface area (Å²) in [6, 6.07) is 10.2. The normalized spacial score (nSPS) is 13.4. The minimum atomic E-state index is -1.47. The van der Waals surface area contributed by atoms with Gasteiger partial charge in [0.15, 0.2) is 0 Å². The van der Waals surface area contributed by atoms with Crippen molar-refractivity contribution in [3.63, 3.8) is 0 Å². The number of nitrogens with one attached hydrogen (secondary N) is 1. The summed E-state index contributed by atoms with van der Waals surface area (Å²) < 4.78 is 26.7. The van der Waals surface area contributed by atoms with Crippen LogP contribution in [0.5, 0.6) is 0 Å². The molecule has 2 rings (SSSR count). The third-order valence-electron chi connectivity index (χ3n) is 4.02. The van der Waals surface area contributed by atoms with Crippen LogP contribution >= 0.6 is 0 Å². The Balaban J connectivity index is 2.13. The van der Waals surface area contributed by atoms with Gasteiger partial charge in [0.2, 0.25) is 5.91 Å². The number of aryl methyl sites for hydroxylation is 1. The van der Waals surface area contributed by atoms with E-state index in [1.54, 1.807) is 0 Å². The van der Waals surface area contributed by atoms with Crippen LogP contribution in [0.4, 0.5) is 8.78 Å². The van der Waals surface area contributed by atoms with Gasteiger partial charge in [-0.05, 0) is 41.7 Å². The highest BCUT2D eigenvalue weighted by Crippen LogP contribution is 2.13. The third-order valence-corrected chi connectivity index (χ3v) is 4.02. The Bertz CT molecular complexity index is 717. The maximum Gasteiger partial charge on any atom is 0.247 e. The lowest BCUT2D eigenvalue weighted by Gasteiger charge is -2.22. The van der Waals surface area contributed by atoms with Crippen LogP contribution in [0.2, 0.25) is 0 Å². The van der Waals surface area contributed by atoms with Crippen molar-refractivity contribution in [2.75, 3.05) is 0 Å². The molecular weight excluding hydrogens is 326 g/mol. The van der Waals surface area contributed by atoms with Crippen LogP contribution in [0.3, 0.4) is 0 Å². The van der Waals surface area contributed by atoms with Gasteiger partial charge in [-0.25, -0.2) is 8.78 Å². The number of carbonyl (C=O) groups is 1. The highest BCUT2D eigenvalue weighted by atomic mass is 19.1. The van der Waals surface area contributed by atoms with Crippen molar-refractivity contribution in [1.82, 2.24) is 5.32 Å². The topological polar surface area (TPSA) is 75.3 Å². The summed E-state index contributed by atoms with van der Waals surface area (Å²) in [6.45, 7) is 2.44. The largest absolute Gasteiger partial charge is 0.382 e. The van der Waals surface area contributed by atoms with Crippen LogP contribution in [-0.4, -0.2) is 23.2 Å². The second-order valence-electron chi connectivity index (χ2n) is 5.99. The number of hydrogen-bond acceptors (Lipinski definition) is 3. The number of aliphatic hydroxyl groups excluding tert-OH is 1. The lowest BCUT2D eigenvalue weighted by atomic mass is 10.00. The van der Waals surface area contributed by atoms with Crippen LogP contribution in [0.1, 0.15) is 23.6 Å².